The van der Waals surface area contributed by atoms with Crippen LogP contribution in [0.5, 0.6) is 0 Å². The van der Waals surface area contributed by atoms with Gasteiger partial charge in [0.25, 0.3) is 0 Å². The van der Waals surface area contributed by atoms with Gasteiger partial charge in [-0.1, -0.05) is 120 Å². The Morgan fingerprint density at radius 2 is 1.09 bits per heavy atom. The molecule has 0 saturated heterocycles. The van der Waals surface area contributed by atoms with Crippen LogP contribution in [0, 0.1) is 0 Å². The average molecular weight is 504 g/mol. The summed E-state index contributed by atoms with van der Waals surface area (Å²) in [5, 5.41) is 13.5. The van der Waals surface area contributed by atoms with E-state index >= 15 is 0 Å². The number of hydrogen-bond acceptors (Lipinski definition) is 2. The molecule has 4 rings (SSSR count). The summed E-state index contributed by atoms with van der Waals surface area (Å²) < 4.78 is 0. The van der Waals surface area contributed by atoms with Crippen molar-refractivity contribution in [3.8, 4) is 0 Å². The Hall–Kier alpha value is -3.60. The van der Waals surface area contributed by atoms with E-state index in [-0.39, 0.29) is 6.42 Å². The lowest BCUT2D eigenvalue weighted by atomic mass is 9.68. The van der Waals surface area contributed by atoms with Gasteiger partial charge in [-0.25, -0.2) is 4.79 Å². The van der Waals surface area contributed by atoms with Crippen LogP contribution in [0.1, 0.15) is 22.3 Å². The van der Waals surface area contributed by atoms with Gasteiger partial charge in [0, 0.05) is 16.5 Å². The van der Waals surface area contributed by atoms with E-state index in [2.05, 4.69) is 5.32 Å². The Balaban J connectivity index is 1.86. The molecule has 4 aromatic carbocycles. The number of amides is 1. The summed E-state index contributed by atoms with van der Waals surface area (Å²) >= 11 is 12.6. The van der Waals surface area contributed by atoms with Crippen molar-refractivity contribution in [1.29, 1.82) is 0 Å². The molecule has 6 heteroatoms. The van der Waals surface area contributed by atoms with E-state index in [4.69, 9.17) is 23.2 Å². The molecule has 0 unspecified atom stereocenters. The minimum atomic E-state index is -1.29. The first-order valence-corrected chi connectivity index (χ1v) is 11.8. The summed E-state index contributed by atoms with van der Waals surface area (Å²) in [6.07, 6.45) is -0.0615. The molecule has 0 aliphatic carbocycles. The fourth-order valence-corrected chi connectivity index (χ4v) is 4.91. The smallest absolute Gasteiger partial charge is 0.326 e. The van der Waals surface area contributed by atoms with Crippen LogP contribution in [0.3, 0.4) is 0 Å². The molecule has 1 atom stereocenters. The maximum absolute atomic E-state index is 14.3. The maximum Gasteiger partial charge on any atom is 0.326 e. The lowest BCUT2D eigenvalue weighted by Crippen LogP contribution is -2.52. The summed E-state index contributed by atoms with van der Waals surface area (Å²) in [5.74, 6) is -1.64. The number of rotatable bonds is 8. The van der Waals surface area contributed by atoms with Crippen molar-refractivity contribution in [1.82, 2.24) is 5.32 Å². The Kier molecular flexibility index (Phi) is 7.54. The molecule has 0 aromatic heterocycles. The third-order valence-electron chi connectivity index (χ3n) is 6.03. The van der Waals surface area contributed by atoms with E-state index in [0.29, 0.717) is 15.6 Å². The third-order valence-corrected chi connectivity index (χ3v) is 6.74. The molecule has 1 amide bonds. The molecule has 4 aromatic rings. The zero-order valence-electron chi connectivity index (χ0n) is 18.7. The van der Waals surface area contributed by atoms with Gasteiger partial charge in [-0.2, -0.15) is 0 Å². The summed E-state index contributed by atoms with van der Waals surface area (Å²) in [7, 11) is 0. The SMILES string of the molecule is O=C(O)[C@@H](Cc1c(Cl)cccc1Cl)NC(=O)C(c1ccccc1)(c1ccccc1)c1ccccc1. The molecule has 0 radical (unpaired) electrons. The minimum absolute atomic E-state index is 0.0615. The van der Waals surface area contributed by atoms with Crippen molar-refractivity contribution in [2.24, 2.45) is 0 Å². The number of hydrogen-bond donors (Lipinski definition) is 2. The monoisotopic (exact) mass is 503 g/mol. The van der Waals surface area contributed by atoms with E-state index in [9.17, 15) is 14.7 Å². The molecule has 0 saturated carbocycles. The van der Waals surface area contributed by atoms with Crippen LogP contribution in [0.25, 0.3) is 0 Å². The predicted molar refractivity (Wildman–Crippen MR) is 139 cm³/mol. The lowest BCUT2D eigenvalue weighted by molar-refractivity contribution is -0.142. The first-order chi connectivity index (χ1) is 16.9. The first-order valence-electron chi connectivity index (χ1n) is 11.1. The van der Waals surface area contributed by atoms with Crippen molar-refractivity contribution < 1.29 is 14.7 Å². The van der Waals surface area contributed by atoms with Gasteiger partial charge in [0.15, 0.2) is 0 Å². The predicted octanol–water partition coefficient (Wildman–Crippen LogP) is 6.14. The Labute approximate surface area is 214 Å². The number of carbonyl (C=O) groups excluding carboxylic acids is 1. The van der Waals surface area contributed by atoms with Gasteiger partial charge >= 0.3 is 5.97 Å². The fraction of sp³-hybridized carbons (Fsp3) is 0.103. The molecule has 0 aliphatic rings. The van der Waals surface area contributed by atoms with Gasteiger partial charge < -0.3 is 10.4 Å². The standard InChI is InChI=1S/C29H23Cl2NO3/c30-24-17-10-18-25(31)23(24)19-26(27(33)34)32-28(35)29(20-11-4-1-5-12-20,21-13-6-2-7-14-21)22-15-8-3-9-16-22/h1-18,26H,19H2,(H,32,35)(H,33,34)/t26-/m1/s1. The Bertz CT molecular complexity index is 1190. The second-order valence-electron chi connectivity index (χ2n) is 8.12. The Morgan fingerprint density at radius 3 is 1.46 bits per heavy atom. The second-order valence-corrected chi connectivity index (χ2v) is 8.93. The molecular weight excluding hydrogens is 481 g/mol. The second kappa shape index (κ2) is 10.8. The van der Waals surface area contributed by atoms with Crippen LogP contribution in [0.4, 0.5) is 0 Å². The minimum Gasteiger partial charge on any atom is -0.480 e. The van der Waals surface area contributed by atoms with Crippen molar-refractivity contribution in [3.05, 3.63) is 141 Å². The highest BCUT2D eigenvalue weighted by atomic mass is 35.5. The van der Waals surface area contributed by atoms with E-state index in [1.54, 1.807) is 18.2 Å². The van der Waals surface area contributed by atoms with Crippen LogP contribution >= 0.6 is 23.2 Å². The van der Waals surface area contributed by atoms with Crippen LogP contribution in [-0.2, 0) is 21.4 Å². The fourth-order valence-electron chi connectivity index (χ4n) is 4.36. The highest BCUT2D eigenvalue weighted by molar-refractivity contribution is 6.36. The van der Waals surface area contributed by atoms with Crippen LogP contribution < -0.4 is 5.32 Å². The molecule has 2 N–H and O–H groups in total. The largest absolute Gasteiger partial charge is 0.480 e. The molecule has 0 aliphatic heterocycles. The van der Waals surface area contributed by atoms with E-state index in [1.165, 1.54) is 0 Å². The number of benzene rings is 4. The van der Waals surface area contributed by atoms with Gasteiger partial charge in [0.05, 0.1) is 0 Å². The molecule has 4 nitrogen and oxygen atoms in total. The van der Waals surface area contributed by atoms with Gasteiger partial charge in [0.2, 0.25) is 5.91 Å². The van der Waals surface area contributed by atoms with Gasteiger partial charge in [-0.05, 0) is 34.4 Å². The summed E-state index contributed by atoms with van der Waals surface area (Å²) in [4.78, 5) is 26.6. The van der Waals surface area contributed by atoms with Crippen molar-refractivity contribution >= 4 is 35.1 Å². The van der Waals surface area contributed by atoms with E-state index in [0.717, 1.165) is 16.7 Å². The van der Waals surface area contributed by atoms with E-state index < -0.39 is 23.3 Å². The molecular formula is C29H23Cl2NO3. The highest BCUT2D eigenvalue weighted by Crippen LogP contribution is 2.40. The number of nitrogens with one attached hydrogen (secondary N) is 1. The number of aliphatic carboxylic acids is 1. The topological polar surface area (TPSA) is 66.4 Å². The van der Waals surface area contributed by atoms with Crippen molar-refractivity contribution in [3.63, 3.8) is 0 Å². The summed E-state index contributed by atoms with van der Waals surface area (Å²) in [6, 6.07) is 31.8. The third kappa shape index (κ3) is 4.95. The summed E-state index contributed by atoms with van der Waals surface area (Å²) in [5.41, 5.74) is 1.33. The normalized spacial score (nSPS) is 12.1. The highest BCUT2D eigenvalue weighted by Gasteiger charge is 2.45. The Morgan fingerprint density at radius 1 is 0.686 bits per heavy atom. The average Bonchev–Trinajstić information content (AvgIpc) is 2.88. The van der Waals surface area contributed by atoms with Crippen LogP contribution in [0.2, 0.25) is 10.0 Å². The molecule has 0 bridgehead atoms. The van der Waals surface area contributed by atoms with E-state index in [1.807, 2.05) is 91.0 Å². The number of halogens is 2. The zero-order chi connectivity index (χ0) is 24.8. The van der Waals surface area contributed by atoms with Gasteiger partial charge in [-0.3, -0.25) is 4.79 Å². The van der Waals surface area contributed by atoms with Gasteiger partial charge in [0.1, 0.15) is 11.5 Å². The zero-order valence-corrected chi connectivity index (χ0v) is 20.2. The van der Waals surface area contributed by atoms with Gasteiger partial charge in [-0.15, -0.1) is 0 Å². The molecule has 35 heavy (non-hydrogen) atoms. The molecule has 0 heterocycles. The molecule has 0 spiro atoms. The first kappa shape index (κ1) is 24.5. The van der Waals surface area contributed by atoms with Crippen LogP contribution in [-0.4, -0.2) is 23.0 Å². The van der Waals surface area contributed by atoms with Crippen LogP contribution in [0.15, 0.2) is 109 Å². The maximum atomic E-state index is 14.3. The lowest BCUT2D eigenvalue weighted by Gasteiger charge is -2.35. The molecule has 0 fully saturated rings. The molecule has 176 valence electrons. The summed E-state index contributed by atoms with van der Waals surface area (Å²) in [6.45, 7) is 0. The number of carbonyl (C=O) groups is 2. The van der Waals surface area contributed by atoms with Crippen molar-refractivity contribution in [2.75, 3.05) is 0 Å². The quantitative estimate of drug-likeness (QED) is 0.284. The number of carboxylic acids is 1. The van der Waals surface area contributed by atoms with Crippen molar-refractivity contribution in [2.45, 2.75) is 17.9 Å². The number of carboxylic acid groups (broad SMARTS) is 1.